The van der Waals surface area contributed by atoms with Gasteiger partial charge in [0.25, 0.3) is 5.91 Å². The number of nitrogens with one attached hydrogen (secondary N) is 1. The zero-order chi connectivity index (χ0) is 16.2. The summed E-state index contributed by atoms with van der Waals surface area (Å²) in [7, 11) is -3.38. The van der Waals surface area contributed by atoms with Gasteiger partial charge < -0.3 is 14.2 Å². The lowest BCUT2D eigenvalue weighted by Gasteiger charge is -2.34. The van der Waals surface area contributed by atoms with Crippen molar-refractivity contribution in [1.82, 2.24) is 14.5 Å². The second-order valence-corrected chi connectivity index (χ2v) is 6.97. The van der Waals surface area contributed by atoms with E-state index in [1.807, 2.05) is 0 Å². The molecule has 0 aromatic carbocycles. The molecule has 0 aliphatic carbocycles. The molecule has 1 saturated heterocycles. The standard InChI is InChI=1S/C13H19N3O5S/c1-2-22(19,20)14-10-12(17)15-5-7-16(8-6-15)13(18)11-4-3-9-21-11/h3-4,9,14H,2,5-8,10H2,1H3. The van der Waals surface area contributed by atoms with Crippen molar-refractivity contribution < 1.29 is 22.4 Å². The van der Waals surface area contributed by atoms with Crippen molar-refractivity contribution in [2.45, 2.75) is 6.92 Å². The lowest BCUT2D eigenvalue weighted by Crippen LogP contribution is -2.52. The van der Waals surface area contributed by atoms with Gasteiger partial charge in [-0.25, -0.2) is 13.1 Å². The van der Waals surface area contributed by atoms with Gasteiger partial charge in [0.15, 0.2) is 5.76 Å². The predicted octanol–water partition coefficient (Wildman–Crippen LogP) is -0.497. The molecule has 22 heavy (non-hydrogen) atoms. The summed E-state index contributed by atoms with van der Waals surface area (Å²) in [6, 6.07) is 3.24. The Morgan fingerprint density at radius 3 is 2.41 bits per heavy atom. The van der Waals surface area contributed by atoms with Crippen LogP contribution in [0.25, 0.3) is 0 Å². The smallest absolute Gasteiger partial charge is 0.289 e. The van der Waals surface area contributed by atoms with E-state index in [0.717, 1.165) is 0 Å². The van der Waals surface area contributed by atoms with Crippen molar-refractivity contribution in [2.24, 2.45) is 0 Å². The van der Waals surface area contributed by atoms with E-state index in [1.165, 1.54) is 13.2 Å². The molecule has 122 valence electrons. The van der Waals surface area contributed by atoms with Crippen molar-refractivity contribution in [3.8, 4) is 0 Å². The number of carbonyl (C=O) groups excluding carboxylic acids is 2. The van der Waals surface area contributed by atoms with Gasteiger partial charge in [-0.1, -0.05) is 0 Å². The maximum atomic E-state index is 12.1. The van der Waals surface area contributed by atoms with Gasteiger partial charge in [-0.3, -0.25) is 9.59 Å². The van der Waals surface area contributed by atoms with Crippen LogP contribution in [0.4, 0.5) is 0 Å². The largest absolute Gasteiger partial charge is 0.459 e. The van der Waals surface area contributed by atoms with Crippen molar-refractivity contribution in [3.05, 3.63) is 24.2 Å². The van der Waals surface area contributed by atoms with Gasteiger partial charge in [0, 0.05) is 26.2 Å². The third kappa shape index (κ3) is 4.08. The molecule has 2 amide bonds. The van der Waals surface area contributed by atoms with Crippen LogP contribution < -0.4 is 4.72 Å². The number of piperazine rings is 1. The highest BCUT2D eigenvalue weighted by atomic mass is 32.2. The Morgan fingerprint density at radius 2 is 1.86 bits per heavy atom. The number of nitrogens with zero attached hydrogens (tertiary/aromatic N) is 2. The first-order valence-electron chi connectivity index (χ1n) is 7.01. The summed E-state index contributed by atoms with van der Waals surface area (Å²) in [5.74, 6) is -0.285. The van der Waals surface area contributed by atoms with Gasteiger partial charge in [-0.05, 0) is 19.1 Å². The van der Waals surface area contributed by atoms with Crippen LogP contribution in [0.15, 0.2) is 22.8 Å². The summed E-state index contributed by atoms with van der Waals surface area (Å²) < 4.78 is 29.9. The molecule has 2 heterocycles. The Balaban J connectivity index is 1.82. The molecule has 1 N–H and O–H groups in total. The maximum absolute atomic E-state index is 12.1. The number of furan rings is 1. The fraction of sp³-hybridized carbons (Fsp3) is 0.538. The summed E-state index contributed by atoms with van der Waals surface area (Å²) in [4.78, 5) is 27.2. The first-order chi connectivity index (χ1) is 10.4. The molecule has 1 aliphatic heterocycles. The molecule has 0 radical (unpaired) electrons. The average molecular weight is 329 g/mol. The number of hydrogen-bond acceptors (Lipinski definition) is 5. The van der Waals surface area contributed by atoms with Gasteiger partial charge in [0.1, 0.15) is 0 Å². The van der Waals surface area contributed by atoms with Crippen LogP contribution in [0, 0.1) is 0 Å². The Hall–Kier alpha value is -1.87. The lowest BCUT2D eigenvalue weighted by molar-refractivity contribution is -0.131. The minimum Gasteiger partial charge on any atom is -0.459 e. The molecule has 0 unspecified atom stereocenters. The first kappa shape index (κ1) is 16.5. The minimum atomic E-state index is -3.38. The molecule has 2 rings (SSSR count). The fourth-order valence-corrected chi connectivity index (χ4v) is 2.65. The molecule has 0 bridgehead atoms. The second kappa shape index (κ2) is 6.93. The van der Waals surface area contributed by atoms with Crippen molar-refractivity contribution in [1.29, 1.82) is 0 Å². The topological polar surface area (TPSA) is 99.9 Å². The van der Waals surface area contributed by atoms with Crippen LogP contribution >= 0.6 is 0 Å². The Kier molecular flexibility index (Phi) is 5.19. The van der Waals surface area contributed by atoms with Gasteiger partial charge in [0.05, 0.1) is 18.6 Å². The number of carbonyl (C=O) groups is 2. The molecule has 1 aromatic rings. The third-order valence-electron chi connectivity index (χ3n) is 3.47. The molecule has 0 atom stereocenters. The van der Waals surface area contributed by atoms with E-state index < -0.39 is 10.0 Å². The van der Waals surface area contributed by atoms with E-state index in [2.05, 4.69) is 4.72 Å². The monoisotopic (exact) mass is 329 g/mol. The molecule has 0 saturated carbocycles. The Labute approximate surface area is 129 Å². The Morgan fingerprint density at radius 1 is 1.23 bits per heavy atom. The van der Waals surface area contributed by atoms with Crippen LogP contribution in [0.2, 0.25) is 0 Å². The molecule has 0 spiro atoms. The van der Waals surface area contributed by atoms with Gasteiger partial charge in [-0.15, -0.1) is 0 Å². The summed E-state index contributed by atoms with van der Waals surface area (Å²) in [6.45, 7) is 2.80. The molecule has 1 aromatic heterocycles. The molecule has 1 fully saturated rings. The molecule has 9 heteroatoms. The number of sulfonamides is 1. The molecular formula is C13H19N3O5S. The lowest BCUT2D eigenvalue weighted by atomic mass is 10.3. The molecule has 1 aliphatic rings. The first-order valence-corrected chi connectivity index (χ1v) is 8.66. The van der Waals surface area contributed by atoms with E-state index in [4.69, 9.17) is 4.42 Å². The highest BCUT2D eigenvalue weighted by Crippen LogP contribution is 2.09. The maximum Gasteiger partial charge on any atom is 0.289 e. The van der Waals surface area contributed by atoms with E-state index in [0.29, 0.717) is 26.2 Å². The van der Waals surface area contributed by atoms with Gasteiger partial charge in [0.2, 0.25) is 15.9 Å². The third-order valence-corrected chi connectivity index (χ3v) is 4.82. The van der Waals surface area contributed by atoms with Crippen LogP contribution in [-0.4, -0.2) is 68.5 Å². The predicted molar refractivity (Wildman–Crippen MR) is 78.7 cm³/mol. The quantitative estimate of drug-likeness (QED) is 0.785. The SMILES string of the molecule is CCS(=O)(=O)NCC(=O)N1CCN(C(=O)c2ccco2)CC1. The summed E-state index contributed by atoms with van der Waals surface area (Å²) in [5.41, 5.74) is 0. The normalized spacial score (nSPS) is 15.9. The summed E-state index contributed by atoms with van der Waals surface area (Å²) >= 11 is 0. The number of rotatable bonds is 5. The van der Waals surface area contributed by atoms with Gasteiger partial charge in [-0.2, -0.15) is 0 Å². The zero-order valence-electron chi connectivity index (χ0n) is 12.3. The zero-order valence-corrected chi connectivity index (χ0v) is 13.1. The number of amides is 2. The second-order valence-electron chi connectivity index (χ2n) is 4.87. The van der Waals surface area contributed by atoms with Gasteiger partial charge >= 0.3 is 0 Å². The van der Waals surface area contributed by atoms with Crippen molar-refractivity contribution in [2.75, 3.05) is 38.5 Å². The number of hydrogen-bond donors (Lipinski definition) is 1. The van der Waals surface area contributed by atoms with Crippen LogP contribution in [0.3, 0.4) is 0 Å². The average Bonchev–Trinajstić information content (AvgIpc) is 3.06. The fourth-order valence-electron chi connectivity index (χ4n) is 2.10. The van der Waals surface area contributed by atoms with E-state index >= 15 is 0 Å². The molecule has 8 nitrogen and oxygen atoms in total. The van der Waals surface area contributed by atoms with Crippen LogP contribution in [0.5, 0.6) is 0 Å². The summed E-state index contributed by atoms with van der Waals surface area (Å²) in [5, 5.41) is 0. The summed E-state index contributed by atoms with van der Waals surface area (Å²) in [6.07, 6.45) is 1.44. The highest BCUT2D eigenvalue weighted by molar-refractivity contribution is 7.89. The van der Waals surface area contributed by atoms with Crippen LogP contribution in [0.1, 0.15) is 17.5 Å². The molecular weight excluding hydrogens is 310 g/mol. The van der Waals surface area contributed by atoms with E-state index in [9.17, 15) is 18.0 Å². The highest BCUT2D eigenvalue weighted by Gasteiger charge is 2.26. The van der Waals surface area contributed by atoms with Crippen molar-refractivity contribution >= 4 is 21.8 Å². The van der Waals surface area contributed by atoms with Crippen LogP contribution in [-0.2, 0) is 14.8 Å². The van der Waals surface area contributed by atoms with E-state index in [1.54, 1.807) is 21.9 Å². The minimum absolute atomic E-state index is 0.0638. The van der Waals surface area contributed by atoms with E-state index in [-0.39, 0.29) is 29.9 Å². The Bertz CT molecular complexity index is 618. The van der Waals surface area contributed by atoms with Crippen molar-refractivity contribution in [3.63, 3.8) is 0 Å².